The van der Waals surface area contributed by atoms with Crippen LogP contribution in [0, 0.1) is 0 Å². The number of hydrogen-bond acceptors (Lipinski definition) is 3. The molecule has 3 aromatic rings. The fraction of sp³-hybridized carbons (Fsp3) is 0.100. The molecule has 1 amide bonds. The van der Waals surface area contributed by atoms with E-state index in [0.717, 1.165) is 17.0 Å². The summed E-state index contributed by atoms with van der Waals surface area (Å²) in [5, 5.41) is 0. The number of anilines is 1. The molecule has 1 aromatic heterocycles. The van der Waals surface area contributed by atoms with Crippen molar-refractivity contribution < 1.29 is 14.1 Å². The molecule has 26 heavy (non-hydrogen) atoms. The van der Waals surface area contributed by atoms with Crippen molar-refractivity contribution in [3.8, 4) is 5.75 Å². The number of aromatic nitrogens is 1. The Labute approximate surface area is 161 Å². The number of hydrogen-bond donors (Lipinski definition) is 1. The fourth-order valence-corrected chi connectivity index (χ4v) is 2.62. The van der Waals surface area contributed by atoms with Crippen LogP contribution in [0.2, 0.25) is 0 Å². The Hall–Kier alpha value is -2.86. The van der Waals surface area contributed by atoms with E-state index >= 15 is 0 Å². The number of ether oxygens (including phenoxy) is 1. The van der Waals surface area contributed by atoms with E-state index in [9.17, 15) is 4.79 Å². The molecule has 0 aliphatic rings. The van der Waals surface area contributed by atoms with Gasteiger partial charge in [0.1, 0.15) is 12.4 Å². The summed E-state index contributed by atoms with van der Waals surface area (Å²) in [6.45, 7) is 0.752. The number of nitrogens with one attached hydrogen (secondary N) is 1. The number of hydrazine groups is 1. The van der Waals surface area contributed by atoms with Crippen LogP contribution in [0.5, 0.6) is 5.75 Å². The van der Waals surface area contributed by atoms with Crippen molar-refractivity contribution in [3.05, 3.63) is 90.8 Å². The van der Waals surface area contributed by atoms with Crippen molar-refractivity contribution in [2.45, 2.75) is 13.2 Å². The van der Waals surface area contributed by atoms with E-state index in [-0.39, 0.29) is 12.5 Å². The molecule has 0 aliphatic carbocycles. The summed E-state index contributed by atoms with van der Waals surface area (Å²) in [4.78, 5) is 12.2. The van der Waals surface area contributed by atoms with E-state index in [2.05, 4.69) is 21.6 Å². The lowest BCUT2D eigenvalue weighted by atomic mass is 10.2. The molecule has 0 saturated carbocycles. The van der Waals surface area contributed by atoms with Gasteiger partial charge >= 0.3 is 5.91 Å². The van der Waals surface area contributed by atoms with Crippen molar-refractivity contribution >= 4 is 27.7 Å². The molecular formula is C20H19BrN3O2+. The molecule has 0 spiro atoms. The average Bonchev–Trinajstić information content (AvgIpc) is 2.69. The quantitative estimate of drug-likeness (QED) is 0.365. The molecule has 0 fully saturated rings. The van der Waals surface area contributed by atoms with Gasteiger partial charge in [0, 0.05) is 12.1 Å². The zero-order valence-electron chi connectivity index (χ0n) is 14.1. The second-order valence-corrected chi connectivity index (χ2v) is 6.34. The molecular weight excluding hydrogens is 394 g/mol. The fourth-order valence-electron chi connectivity index (χ4n) is 2.30. The number of carbonyl (C=O) groups excluding carboxylic acids is 1. The van der Waals surface area contributed by atoms with Gasteiger partial charge in [-0.2, -0.15) is 8.60 Å². The molecule has 0 aliphatic heterocycles. The highest BCUT2D eigenvalue weighted by Crippen LogP contribution is 2.18. The molecule has 0 saturated heterocycles. The summed E-state index contributed by atoms with van der Waals surface area (Å²) >= 11 is 3.25. The van der Waals surface area contributed by atoms with Crippen LogP contribution in [0.3, 0.4) is 0 Å². The van der Waals surface area contributed by atoms with E-state index in [0.29, 0.717) is 6.61 Å². The number of benzene rings is 2. The molecule has 5 nitrogen and oxygen atoms in total. The van der Waals surface area contributed by atoms with Crippen molar-refractivity contribution in [1.82, 2.24) is 4.03 Å². The van der Waals surface area contributed by atoms with Gasteiger partial charge in [0.05, 0.1) is 21.8 Å². The van der Waals surface area contributed by atoms with Crippen molar-refractivity contribution in [1.29, 1.82) is 0 Å². The average molecular weight is 413 g/mol. The maximum absolute atomic E-state index is 12.2. The molecule has 3 rings (SSSR count). The minimum atomic E-state index is -0.120. The number of amides is 1. The van der Waals surface area contributed by atoms with E-state index in [1.807, 2.05) is 85.2 Å². The molecule has 1 N–H and O–H groups in total. The van der Waals surface area contributed by atoms with Crippen LogP contribution in [0.1, 0.15) is 5.56 Å². The van der Waals surface area contributed by atoms with Crippen molar-refractivity contribution in [3.63, 3.8) is 0 Å². The van der Waals surface area contributed by atoms with Crippen LogP contribution in [0.25, 0.3) is 0 Å². The van der Waals surface area contributed by atoms with Gasteiger partial charge in [-0.15, -0.1) is 0 Å². The summed E-state index contributed by atoms with van der Waals surface area (Å²) in [5.74, 6) is 0.650. The van der Waals surface area contributed by atoms with E-state index < -0.39 is 0 Å². The Bertz CT molecular complexity index is 827. The maximum Gasteiger partial charge on any atom is 0.317 e. The van der Waals surface area contributed by atoms with Gasteiger partial charge < -0.3 is 4.74 Å². The third-order valence-corrected chi connectivity index (χ3v) is 4.22. The van der Waals surface area contributed by atoms with Crippen LogP contribution in [-0.2, 0) is 17.9 Å². The van der Waals surface area contributed by atoms with Crippen LogP contribution >= 0.6 is 16.1 Å². The largest absolute Gasteiger partial charge is 0.489 e. The summed E-state index contributed by atoms with van der Waals surface area (Å²) in [6.07, 6.45) is 3.69. The highest BCUT2D eigenvalue weighted by Gasteiger charge is 2.15. The van der Waals surface area contributed by atoms with Gasteiger partial charge in [0.15, 0.2) is 12.4 Å². The first-order valence-electron chi connectivity index (χ1n) is 8.17. The minimum Gasteiger partial charge on any atom is -0.489 e. The summed E-state index contributed by atoms with van der Waals surface area (Å²) in [5.41, 5.74) is 4.89. The number of rotatable bonds is 7. The number of halogens is 1. The molecule has 1 heterocycles. The Kier molecular flexibility index (Phi) is 6.22. The van der Waals surface area contributed by atoms with Crippen LogP contribution < -0.4 is 14.7 Å². The second-order valence-electron chi connectivity index (χ2n) is 5.63. The second kappa shape index (κ2) is 9.01. The predicted molar refractivity (Wildman–Crippen MR) is 103 cm³/mol. The molecule has 0 unspecified atom stereocenters. The van der Waals surface area contributed by atoms with Gasteiger partial charge in [-0.3, -0.25) is 10.2 Å². The first kappa shape index (κ1) is 17.9. The van der Waals surface area contributed by atoms with Gasteiger partial charge in [-0.25, -0.2) is 0 Å². The predicted octanol–water partition coefficient (Wildman–Crippen LogP) is 3.72. The molecule has 2 aromatic carbocycles. The van der Waals surface area contributed by atoms with Crippen molar-refractivity contribution in [2.24, 2.45) is 0 Å². The van der Waals surface area contributed by atoms with Gasteiger partial charge in [-0.1, -0.05) is 36.4 Å². The van der Waals surface area contributed by atoms with E-state index in [1.165, 1.54) is 4.03 Å². The zero-order chi connectivity index (χ0) is 18.2. The van der Waals surface area contributed by atoms with Crippen LogP contribution in [0.4, 0.5) is 5.69 Å². The lowest BCUT2D eigenvalue weighted by Gasteiger charge is -2.15. The SMILES string of the molecule is O=C(C[n+]1ccccc1)N(Br)Nc1ccc(OCc2ccccc2)cc1. The number of pyridine rings is 1. The van der Waals surface area contributed by atoms with E-state index in [4.69, 9.17) is 4.74 Å². The smallest absolute Gasteiger partial charge is 0.317 e. The minimum absolute atomic E-state index is 0.120. The van der Waals surface area contributed by atoms with E-state index in [1.54, 1.807) is 4.57 Å². The molecule has 0 atom stereocenters. The summed E-state index contributed by atoms with van der Waals surface area (Å²) < 4.78 is 8.86. The molecule has 132 valence electrons. The van der Waals surface area contributed by atoms with Gasteiger partial charge in [0.25, 0.3) is 0 Å². The number of carbonyl (C=O) groups is 1. The lowest BCUT2D eigenvalue weighted by molar-refractivity contribution is -0.684. The highest BCUT2D eigenvalue weighted by atomic mass is 79.9. The van der Waals surface area contributed by atoms with Crippen molar-refractivity contribution in [2.75, 3.05) is 5.43 Å². The van der Waals surface area contributed by atoms with Crippen LogP contribution in [-0.4, -0.2) is 9.94 Å². The van der Waals surface area contributed by atoms with Gasteiger partial charge in [-0.05, 0) is 29.8 Å². The normalized spacial score (nSPS) is 10.2. The zero-order valence-corrected chi connectivity index (χ0v) is 15.7. The lowest BCUT2D eigenvalue weighted by Crippen LogP contribution is -2.42. The maximum atomic E-state index is 12.2. The third kappa shape index (κ3) is 5.32. The number of nitrogens with zero attached hydrogens (tertiary/aromatic N) is 2. The molecule has 0 bridgehead atoms. The first-order chi connectivity index (χ1) is 12.7. The Balaban J connectivity index is 1.51. The topological polar surface area (TPSA) is 45.5 Å². The van der Waals surface area contributed by atoms with Gasteiger partial charge in [0.2, 0.25) is 6.54 Å². The Morgan fingerprint density at radius 3 is 2.31 bits per heavy atom. The Morgan fingerprint density at radius 1 is 0.962 bits per heavy atom. The summed E-state index contributed by atoms with van der Waals surface area (Å²) in [7, 11) is 0. The standard InChI is InChI=1S/C20H19BrN3O2/c21-24(20(25)15-23-13-5-2-6-14-23)22-18-9-11-19(12-10-18)26-16-17-7-3-1-4-8-17/h1-14,22H,15-16H2/q+1. The molecule has 0 radical (unpaired) electrons. The van der Waals surface area contributed by atoms with Crippen LogP contribution in [0.15, 0.2) is 85.2 Å². The Morgan fingerprint density at radius 2 is 1.62 bits per heavy atom. The molecule has 6 heteroatoms. The summed E-state index contributed by atoms with van der Waals surface area (Å²) in [6, 6.07) is 23.1. The monoisotopic (exact) mass is 412 g/mol. The first-order valence-corrected chi connectivity index (χ1v) is 8.88. The third-order valence-electron chi connectivity index (χ3n) is 3.64. The highest BCUT2D eigenvalue weighted by molar-refractivity contribution is 9.07.